The molecule has 1 aromatic heterocycles. The Morgan fingerprint density at radius 2 is 1.86 bits per heavy atom. The molecule has 0 saturated carbocycles. The molecule has 194 valence electrons. The lowest BCUT2D eigenvalue weighted by Crippen LogP contribution is -2.37. The molecule has 37 heavy (non-hydrogen) atoms. The lowest BCUT2D eigenvalue weighted by Gasteiger charge is -2.24. The van der Waals surface area contributed by atoms with Crippen molar-refractivity contribution in [1.82, 2.24) is 4.98 Å². The van der Waals surface area contributed by atoms with Crippen molar-refractivity contribution in [3.63, 3.8) is 0 Å². The van der Waals surface area contributed by atoms with Gasteiger partial charge in [0.1, 0.15) is 17.9 Å². The smallest absolute Gasteiger partial charge is 0.416 e. The van der Waals surface area contributed by atoms with Gasteiger partial charge in [-0.2, -0.15) is 18.4 Å². The number of ether oxygens (including phenoxy) is 2. The van der Waals surface area contributed by atoms with E-state index in [0.29, 0.717) is 5.75 Å². The summed E-state index contributed by atoms with van der Waals surface area (Å²) in [6.07, 6.45) is -3.99. The van der Waals surface area contributed by atoms with Crippen molar-refractivity contribution in [1.29, 1.82) is 5.26 Å². The number of rotatable bonds is 9. The fraction of sp³-hybridized carbons (Fsp3) is 0.269. The van der Waals surface area contributed by atoms with E-state index in [9.17, 15) is 23.2 Å². The molecule has 2 atom stereocenters. The number of para-hydroxylation sites is 1. The maximum atomic E-state index is 13.0. The van der Waals surface area contributed by atoms with Crippen LogP contribution in [0.1, 0.15) is 31.2 Å². The Morgan fingerprint density at radius 3 is 2.49 bits per heavy atom. The summed E-state index contributed by atoms with van der Waals surface area (Å²) in [5.74, 6) is -0.345. The molecule has 0 amide bonds. The number of nitrogens with zero attached hydrogens (tertiary/aromatic N) is 2. The van der Waals surface area contributed by atoms with Crippen LogP contribution in [0, 0.1) is 17.2 Å². The predicted molar refractivity (Wildman–Crippen MR) is 136 cm³/mol. The van der Waals surface area contributed by atoms with Crippen molar-refractivity contribution >= 4 is 35.0 Å². The number of aromatic nitrogens is 1. The monoisotopic (exact) mass is 549 g/mol. The van der Waals surface area contributed by atoms with Crippen LogP contribution in [-0.2, 0) is 15.7 Å². The lowest BCUT2D eigenvalue weighted by atomic mass is 10.0. The van der Waals surface area contributed by atoms with Crippen molar-refractivity contribution in [3.05, 3.63) is 76.9 Å². The maximum absolute atomic E-state index is 13.0. The molecule has 0 radical (unpaired) electrons. The third-order valence-electron chi connectivity index (χ3n) is 5.18. The molecule has 0 aliphatic heterocycles. The van der Waals surface area contributed by atoms with E-state index < -0.39 is 29.9 Å². The van der Waals surface area contributed by atoms with Crippen LogP contribution in [0.25, 0.3) is 0 Å². The van der Waals surface area contributed by atoms with Gasteiger partial charge in [0, 0.05) is 11.0 Å². The maximum Gasteiger partial charge on any atom is 0.416 e. The number of hydrogen-bond acceptors (Lipinski definition) is 7. The fourth-order valence-corrected chi connectivity index (χ4v) is 4.03. The minimum atomic E-state index is -4.55. The van der Waals surface area contributed by atoms with Gasteiger partial charge >= 0.3 is 12.1 Å². The number of nitriles is 1. The first-order chi connectivity index (χ1) is 17.5. The quantitative estimate of drug-likeness (QED) is 0.218. The first kappa shape index (κ1) is 28.2. The first-order valence-corrected chi connectivity index (χ1v) is 12.6. The van der Waals surface area contributed by atoms with Crippen LogP contribution in [-0.4, -0.2) is 23.3 Å². The SMILES string of the molecule is CSc1ccccc1Oc1cccc(C(C#N)OC(=O)C(Nc2ccc(C(F)(F)F)cc2Cl)C(C)C)n1. The Kier molecular flexibility index (Phi) is 9.29. The van der Waals surface area contributed by atoms with E-state index in [1.807, 2.05) is 30.5 Å². The summed E-state index contributed by atoms with van der Waals surface area (Å²) in [6, 6.07) is 15.8. The molecule has 0 fully saturated rings. The molecule has 1 heterocycles. The number of nitrogens with one attached hydrogen (secondary N) is 1. The van der Waals surface area contributed by atoms with Gasteiger partial charge < -0.3 is 14.8 Å². The fourth-order valence-electron chi connectivity index (χ4n) is 3.27. The number of benzene rings is 2. The van der Waals surface area contributed by atoms with Crippen LogP contribution in [0.3, 0.4) is 0 Å². The largest absolute Gasteiger partial charge is 0.439 e. The average molecular weight is 550 g/mol. The van der Waals surface area contributed by atoms with Crippen molar-refractivity contribution in [2.24, 2.45) is 5.92 Å². The van der Waals surface area contributed by atoms with Crippen molar-refractivity contribution in [3.8, 4) is 17.7 Å². The normalized spacial score (nSPS) is 12.9. The van der Waals surface area contributed by atoms with Crippen LogP contribution < -0.4 is 10.1 Å². The second-order valence-corrected chi connectivity index (χ2v) is 9.41. The average Bonchev–Trinajstić information content (AvgIpc) is 2.86. The Morgan fingerprint density at radius 1 is 1.14 bits per heavy atom. The summed E-state index contributed by atoms with van der Waals surface area (Å²) in [7, 11) is 0. The summed E-state index contributed by atoms with van der Waals surface area (Å²) >= 11 is 7.53. The zero-order chi connectivity index (χ0) is 27.2. The van der Waals surface area contributed by atoms with Gasteiger partial charge in [0.15, 0.2) is 0 Å². The molecule has 0 bridgehead atoms. The zero-order valence-electron chi connectivity index (χ0n) is 20.0. The number of thioether (sulfide) groups is 1. The van der Waals surface area contributed by atoms with Crippen molar-refractivity contribution in [2.75, 3.05) is 11.6 Å². The Balaban J connectivity index is 1.77. The zero-order valence-corrected chi connectivity index (χ0v) is 21.6. The van der Waals surface area contributed by atoms with Crippen LogP contribution in [0.5, 0.6) is 11.6 Å². The topological polar surface area (TPSA) is 84.2 Å². The number of pyridine rings is 1. The van der Waals surface area contributed by atoms with E-state index in [1.165, 1.54) is 17.8 Å². The van der Waals surface area contributed by atoms with Gasteiger partial charge in [-0.1, -0.05) is 43.6 Å². The van der Waals surface area contributed by atoms with E-state index in [-0.39, 0.29) is 28.2 Å². The lowest BCUT2D eigenvalue weighted by molar-refractivity contribution is -0.149. The molecule has 0 aliphatic rings. The van der Waals surface area contributed by atoms with E-state index in [1.54, 1.807) is 32.0 Å². The summed E-state index contributed by atoms with van der Waals surface area (Å²) < 4.78 is 50.2. The molecular weight excluding hydrogens is 527 g/mol. The summed E-state index contributed by atoms with van der Waals surface area (Å²) in [6.45, 7) is 3.43. The van der Waals surface area contributed by atoms with Crippen LogP contribution in [0.4, 0.5) is 18.9 Å². The van der Waals surface area contributed by atoms with Gasteiger partial charge in [0.05, 0.1) is 22.0 Å². The third-order valence-corrected chi connectivity index (χ3v) is 6.27. The summed E-state index contributed by atoms with van der Waals surface area (Å²) in [4.78, 5) is 18.2. The van der Waals surface area contributed by atoms with Gasteiger partial charge in [0.2, 0.25) is 12.0 Å². The van der Waals surface area contributed by atoms with E-state index in [4.69, 9.17) is 21.1 Å². The minimum Gasteiger partial charge on any atom is -0.439 e. The summed E-state index contributed by atoms with van der Waals surface area (Å²) in [5.41, 5.74) is -0.630. The number of alkyl halides is 3. The number of carbonyl (C=O) groups excluding carboxylic acids is 1. The molecule has 6 nitrogen and oxygen atoms in total. The van der Waals surface area contributed by atoms with Gasteiger partial charge in [-0.3, -0.25) is 0 Å². The molecular formula is C26H23ClF3N3O3S. The highest BCUT2D eigenvalue weighted by Crippen LogP contribution is 2.35. The number of carbonyl (C=O) groups is 1. The molecule has 1 N–H and O–H groups in total. The molecule has 2 aromatic carbocycles. The van der Waals surface area contributed by atoms with Crippen molar-refractivity contribution in [2.45, 2.75) is 37.1 Å². The minimum absolute atomic E-state index is 0.125. The highest BCUT2D eigenvalue weighted by molar-refractivity contribution is 7.98. The van der Waals surface area contributed by atoms with Crippen LogP contribution in [0.2, 0.25) is 5.02 Å². The predicted octanol–water partition coefficient (Wildman–Crippen LogP) is 7.51. The van der Waals surface area contributed by atoms with Gasteiger partial charge in [-0.05, 0) is 48.6 Å². The third kappa shape index (κ3) is 7.31. The molecule has 0 saturated heterocycles. The Hall–Kier alpha value is -3.42. The summed E-state index contributed by atoms with van der Waals surface area (Å²) in [5, 5.41) is 12.3. The highest BCUT2D eigenvalue weighted by Gasteiger charge is 2.32. The van der Waals surface area contributed by atoms with Gasteiger partial charge in [-0.15, -0.1) is 11.8 Å². The molecule has 11 heteroatoms. The molecule has 0 spiro atoms. The van der Waals surface area contributed by atoms with Crippen LogP contribution >= 0.6 is 23.4 Å². The molecule has 3 aromatic rings. The van der Waals surface area contributed by atoms with Crippen molar-refractivity contribution < 1.29 is 27.4 Å². The second-order valence-electron chi connectivity index (χ2n) is 8.16. The Labute approximate surface area is 221 Å². The molecule has 0 aliphatic carbocycles. The van der Waals surface area contributed by atoms with E-state index in [0.717, 1.165) is 23.1 Å². The number of halogens is 4. The first-order valence-electron chi connectivity index (χ1n) is 11.0. The van der Waals surface area contributed by atoms with E-state index in [2.05, 4.69) is 10.3 Å². The highest BCUT2D eigenvalue weighted by atomic mass is 35.5. The van der Waals surface area contributed by atoms with Crippen LogP contribution in [0.15, 0.2) is 65.6 Å². The number of esters is 1. The Bertz CT molecular complexity index is 1300. The second kappa shape index (κ2) is 12.2. The van der Waals surface area contributed by atoms with E-state index >= 15 is 0 Å². The molecule has 2 unspecified atom stereocenters. The van der Waals surface area contributed by atoms with Gasteiger partial charge in [0.25, 0.3) is 0 Å². The standard InChI is InChI=1S/C26H23ClF3N3O3S/c1-15(2)24(33-18-12-11-16(13-17(18)27)26(28,29)30)25(34)36-21(14-31)19-7-6-10-23(32-19)35-20-8-4-5-9-22(20)37-3/h4-13,15,21,24,33H,1-3H3. The number of hydrogen-bond donors (Lipinski definition) is 1. The van der Waals surface area contributed by atoms with Gasteiger partial charge in [-0.25, -0.2) is 9.78 Å². The number of anilines is 1. The molecule has 3 rings (SSSR count).